The fraction of sp³-hybridized carbons (Fsp3) is 0.400. The van der Waals surface area contributed by atoms with Crippen LogP contribution in [0.2, 0.25) is 0 Å². The number of aromatic nitrogens is 3. The standard InChI is InChI=1S/C5H3F3IN3/c1-2-10-3(5(6,7)8)12-4(9)11-2/h1H3. The highest BCUT2D eigenvalue weighted by molar-refractivity contribution is 14.1. The lowest BCUT2D eigenvalue weighted by Crippen LogP contribution is -2.13. The largest absolute Gasteiger partial charge is 0.451 e. The second-order valence-corrected chi connectivity index (χ2v) is 2.94. The summed E-state index contributed by atoms with van der Waals surface area (Å²) >= 11 is 1.61. The van der Waals surface area contributed by atoms with Crippen molar-refractivity contribution >= 4 is 22.6 Å². The molecule has 0 spiro atoms. The first-order valence-corrected chi connectivity index (χ1v) is 3.93. The van der Waals surface area contributed by atoms with Gasteiger partial charge in [-0.25, -0.2) is 9.97 Å². The normalized spacial score (nSPS) is 11.8. The summed E-state index contributed by atoms with van der Waals surface area (Å²) in [6.07, 6.45) is -4.49. The summed E-state index contributed by atoms with van der Waals surface area (Å²) in [5, 5.41) is 0. The van der Waals surface area contributed by atoms with Crippen LogP contribution in [0.3, 0.4) is 0 Å². The first-order chi connectivity index (χ1) is 5.39. The summed E-state index contributed by atoms with van der Waals surface area (Å²) < 4.78 is 36.0. The second-order valence-electron chi connectivity index (χ2n) is 1.97. The monoisotopic (exact) mass is 289 g/mol. The van der Waals surface area contributed by atoms with Gasteiger partial charge in [-0.15, -0.1) is 0 Å². The Kier molecular flexibility index (Phi) is 2.49. The summed E-state index contributed by atoms with van der Waals surface area (Å²) in [7, 11) is 0. The Morgan fingerprint density at radius 2 is 1.75 bits per heavy atom. The summed E-state index contributed by atoms with van der Waals surface area (Å²) in [4.78, 5) is 9.91. The Hall–Kier alpha value is -0.470. The smallest absolute Gasteiger partial charge is 0.209 e. The van der Waals surface area contributed by atoms with Crippen LogP contribution in [0, 0.1) is 10.8 Å². The fourth-order valence-electron chi connectivity index (χ4n) is 0.576. The number of hydrogen-bond donors (Lipinski definition) is 0. The van der Waals surface area contributed by atoms with E-state index in [1.807, 2.05) is 0 Å². The first-order valence-electron chi connectivity index (χ1n) is 2.85. The molecule has 0 aromatic carbocycles. The van der Waals surface area contributed by atoms with Gasteiger partial charge in [0.1, 0.15) is 5.82 Å². The predicted molar refractivity (Wildman–Crippen MR) is 42.3 cm³/mol. The van der Waals surface area contributed by atoms with Gasteiger partial charge in [0, 0.05) is 22.6 Å². The minimum Gasteiger partial charge on any atom is -0.209 e. The van der Waals surface area contributed by atoms with Crippen LogP contribution in [0.5, 0.6) is 0 Å². The van der Waals surface area contributed by atoms with E-state index < -0.39 is 12.0 Å². The van der Waals surface area contributed by atoms with Crippen LogP contribution in [0.25, 0.3) is 0 Å². The van der Waals surface area contributed by atoms with Gasteiger partial charge < -0.3 is 0 Å². The van der Waals surface area contributed by atoms with Crippen LogP contribution in [0.1, 0.15) is 11.6 Å². The van der Waals surface area contributed by atoms with Crippen LogP contribution in [-0.4, -0.2) is 15.0 Å². The molecule has 0 aliphatic carbocycles. The third-order valence-corrected chi connectivity index (χ3v) is 1.46. The molecule has 0 radical (unpaired) electrons. The molecule has 0 saturated carbocycles. The molecule has 0 aliphatic heterocycles. The van der Waals surface area contributed by atoms with E-state index in [-0.39, 0.29) is 9.66 Å². The van der Waals surface area contributed by atoms with Crippen molar-refractivity contribution in [2.45, 2.75) is 13.1 Å². The molecule has 0 amide bonds. The van der Waals surface area contributed by atoms with Crippen LogP contribution >= 0.6 is 22.6 Å². The number of rotatable bonds is 0. The number of halogens is 4. The molecule has 0 bridgehead atoms. The molecular weight excluding hydrogens is 286 g/mol. The van der Waals surface area contributed by atoms with Crippen molar-refractivity contribution in [3.8, 4) is 0 Å². The molecule has 0 atom stereocenters. The van der Waals surface area contributed by atoms with Crippen molar-refractivity contribution in [3.63, 3.8) is 0 Å². The molecule has 0 unspecified atom stereocenters. The van der Waals surface area contributed by atoms with Gasteiger partial charge >= 0.3 is 6.18 Å². The maximum atomic E-state index is 12.0. The Morgan fingerprint density at radius 1 is 1.17 bits per heavy atom. The molecule has 3 nitrogen and oxygen atoms in total. The van der Waals surface area contributed by atoms with E-state index in [1.165, 1.54) is 6.92 Å². The minimum atomic E-state index is -4.49. The maximum absolute atomic E-state index is 12.0. The van der Waals surface area contributed by atoms with Gasteiger partial charge in [0.15, 0.2) is 3.83 Å². The SMILES string of the molecule is Cc1nc(I)nc(C(F)(F)F)n1. The minimum absolute atomic E-state index is 0.0485. The zero-order valence-electron chi connectivity index (χ0n) is 5.85. The predicted octanol–water partition coefficient (Wildman–Crippen LogP) is 1.80. The lowest BCUT2D eigenvalue weighted by molar-refractivity contribution is -0.145. The van der Waals surface area contributed by atoms with Crippen molar-refractivity contribution in [2.75, 3.05) is 0 Å². The summed E-state index contributed by atoms with van der Waals surface area (Å²) in [5.41, 5.74) is 0. The molecule has 0 aliphatic rings. The Morgan fingerprint density at radius 3 is 2.17 bits per heavy atom. The number of alkyl halides is 3. The zero-order valence-corrected chi connectivity index (χ0v) is 8.01. The van der Waals surface area contributed by atoms with Crippen molar-refractivity contribution < 1.29 is 13.2 Å². The van der Waals surface area contributed by atoms with Gasteiger partial charge in [-0.05, 0) is 6.92 Å². The van der Waals surface area contributed by atoms with Crippen molar-refractivity contribution in [2.24, 2.45) is 0 Å². The number of nitrogens with zero attached hydrogens (tertiary/aromatic N) is 3. The van der Waals surface area contributed by atoms with E-state index in [9.17, 15) is 13.2 Å². The Balaban J connectivity index is 3.18. The van der Waals surface area contributed by atoms with Gasteiger partial charge in [0.05, 0.1) is 0 Å². The molecule has 1 rings (SSSR count). The molecule has 12 heavy (non-hydrogen) atoms. The maximum Gasteiger partial charge on any atom is 0.451 e. The van der Waals surface area contributed by atoms with E-state index >= 15 is 0 Å². The molecular formula is C5H3F3IN3. The highest BCUT2D eigenvalue weighted by atomic mass is 127. The van der Waals surface area contributed by atoms with E-state index in [4.69, 9.17) is 0 Å². The van der Waals surface area contributed by atoms with Crippen molar-refractivity contribution in [3.05, 3.63) is 15.5 Å². The summed E-state index contributed by atoms with van der Waals surface area (Å²) in [5.74, 6) is -1.07. The third kappa shape index (κ3) is 2.26. The topological polar surface area (TPSA) is 38.7 Å². The number of hydrogen-bond acceptors (Lipinski definition) is 3. The van der Waals surface area contributed by atoms with E-state index in [2.05, 4.69) is 15.0 Å². The lowest BCUT2D eigenvalue weighted by Gasteiger charge is -2.04. The molecule has 1 aromatic rings. The van der Waals surface area contributed by atoms with Gasteiger partial charge in [-0.1, -0.05) is 0 Å². The van der Waals surface area contributed by atoms with Crippen LogP contribution in [-0.2, 0) is 6.18 Å². The molecule has 66 valence electrons. The van der Waals surface area contributed by atoms with E-state index in [0.717, 1.165) is 0 Å². The number of aryl methyl sites for hydroxylation is 1. The van der Waals surface area contributed by atoms with Gasteiger partial charge in [-0.2, -0.15) is 18.2 Å². The first kappa shape index (κ1) is 9.62. The fourth-order valence-corrected chi connectivity index (χ4v) is 1.15. The van der Waals surface area contributed by atoms with Gasteiger partial charge in [0.25, 0.3) is 0 Å². The summed E-state index contributed by atoms with van der Waals surface area (Å²) in [6, 6.07) is 0. The van der Waals surface area contributed by atoms with E-state index in [0.29, 0.717) is 0 Å². The van der Waals surface area contributed by atoms with E-state index in [1.54, 1.807) is 22.6 Å². The lowest BCUT2D eigenvalue weighted by atomic mass is 10.5. The van der Waals surface area contributed by atoms with Gasteiger partial charge in [-0.3, -0.25) is 0 Å². The quantitative estimate of drug-likeness (QED) is 0.684. The highest BCUT2D eigenvalue weighted by Crippen LogP contribution is 2.25. The molecule has 0 N–H and O–H groups in total. The van der Waals surface area contributed by atoms with Crippen molar-refractivity contribution in [1.82, 2.24) is 15.0 Å². The molecule has 0 saturated heterocycles. The van der Waals surface area contributed by atoms with Crippen LogP contribution in [0.4, 0.5) is 13.2 Å². The molecule has 1 heterocycles. The summed E-state index contributed by atoms with van der Waals surface area (Å²) in [6.45, 7) is 1.39. The van der Waals surface area contributed by atoms with Gasteiger partial charge in [0.2, 0.25) is 5.82 Å². The highest BCUT2D eigenvalue weighted by Gasteiger charge is 2.35. The van der Waals surface area contributed by atoms with Crippen LogP contribution in [0.15, 0.2) is 0 Å². The Bertz CT molecular complexity index is 278. The second kappa shape index (κ2) is 3.11. The average molecular weight is 289 g/mol. The Labute approximate surface area is 79.6 Å². The zero-order chi connectivity index (χ0) is 9.35. The van der Waals surface area contributed by atoms with Crippen molar-refractivity contribution in [1.29, 1.82) is 0 Å². The average Bonchev–Trinajstić information content (AvgIpc) is 1.82. The third-order valence-electron chi connectivity index (χ3n) is 0.973. The van der Waals surface area contributed by atoms with Crippen LogP contribution < -0.4 is 0 Å². The molecule has 1 aromatic heterocycles. The molecule has 7 heteroatoms. The molecule has 0 fully saturated rings.